The number of halogens is 1. The van der Waals surface area contributed by atoms with Gasteiger partial charge in [-0.15, -0.1) is 0 Å². The van der Waals surface area contributed by atoms with Crippen molar-refractivity contribution in [3.8, 4) is 0 Å². The lowest BCUT2D eigenvalue weighted by molar-refractivity contribution is -0.150. The molecule has 7 heteroatoms. The molecule has 132 valence electrons. The fraction of sp³-hybridized carbons (Fsp3) is 0.389. The van der Waals surface area contributed by atoms with E-state index in [1.165, 1.54) is 6.07 Å². The molecule has 25 heavy (non-hydrogen) atoms. The molecule has 0 spiro atoms. The van der Waals surface area contributed by atoms with Gasteiger partial charge < -0.3 is 14.1 Å². The largest absolute Gasteiger partial charge is 0.459 e. The molecule has 0 radical (unpaired) electrons. The average molecular weight is 408 g/mol. The van der Waals surface area contributed by atoms with Gasteiger partial charge >= 0.3 is 11.6 Å². The van der Waals surface area contributed by atoms with Crippen LogP contribution in [0, 0.1) is 0 Å². The van der Waals surface area contributed by atoms with Crippen molar-refractivity contribution < 1.29 is 18.7 Å². The summed E-state index contributed by atoms with van der Waals surface area (Å²) in [6.07, 6.45) is 3.25. The number of likely N-dealkylation sites (tertiary alicyclic amines) is 1. The van der Waals surface area contributed by atoms with E-state index in [4.69, 9.17) is 9.15 Å². The van der Waals surface area contributed by atoms with Gasteiger partial charge in [0.2, 0.25) is 5.91 Å². The Morgan fingerprint density at radius 2 is 2.04 bits per heavy atom. The molecule has 0 atom stereocenters. The van der Waals surface area contributed by atoms with Crippen molar-refractivity contribution in [2.75, 3.05) is 13.1 Å². The van der Waals surface area contributed by atoms with Crippen LogP contribution >= 0.6 is 15.9 Å². The quantitative estimate of drug-likeness (QED) is 0.574. The summed E-state index contributed by atoms with van der Waals surface area (Å²) >= 11 is 3.33. The molecule has 1 fully saturated rings. The van der Waals surface area contributed by atoms with Crippen LogP contribution in [0.15, 0.2) is 37.9 Å². The van der Waals surface area contributed by atoms with Crippen LogP contribution in [0.3, 0.4) is 0 Å². The Balaban J connectivity index is 1.69. The molecule has 2 aromatic rings. The molecule has 6 nitrogen and oxygen atoms in total. The third-order valence-corrected chi connectivity index (χ3v) is 4.67. The van der Waals surface area contributed by atoms with Crippen LogP contribution < -0.4 is 5.63 Å². The summed E-state index contributed by atoms with van der Waals surface area (Å²) in [5, 5.41) is 0.710. The zero-order chi connectivity index (χ0) is 17.8. The summed E-state index contributed by atoms with van der Waals surface area (Å²) in [5.74, 6) is -0.487. The van der Waals surface area contributed by atoms with E-state index >= 15 is 0 Å². The van der Waals surface area contributed by atoms with Crippen molar-refractivity contribution in [1.29, 1.82) is 0 Å². The second-order valence-electron chi connectivity index (χ2n) is 6.02. The summed E-state index contributed by atoms with van der Waals surface area (Å²) in [4.78, 5) is 37.3. The third-order valence-electron chi connectivity index (χ3n) is 4.17. The number of rotatable bonds is 4. The third kappa shape index (κ3) is 4.48. The van der Waals surface area contributed by atoms with Gasteiger partial charge in [0.15, 0.2) is 0 Å². The van der Waals surface area contributed by atoms with Gasteiger partial charge in [0.1, 0.15) is 18.7 Å². The highest BCUT2D eigenvalue weighted by Gasteiger charge is 2.20. The maximum Gasteiger partial charge on any atom is 0.336 e. The van der Waals surface area contributed by atoms with Gasteiger partial charge in [0.25, 0.3) is 0 Å². The van der Waals surface area contributed by atoms with E-state index in [-0.39, 0.29) is 19.1 Å². The highest BCUT2D eigenvalue weighted by molar-refractivity contribution is 9.10. The summed E-state index contributed by atoms with van der Waals surface area (Å²) in [6, 6.07) is 6.63. The summed E-state index contributed by atoms with van der Waals surface area (Å²) < 4.78 is 11.2. The normalized spacial score (nSPS) is 15.2. The zero-order valence-electron chi connectivity index (χ0n) is 13.6. The van der Waals surface area contributed by atoms with Crippen LogP contribution in [0.4, 0.5) is 0 Å². The Labute approximate surface area is 152 Å². The lowest BCUT2D eigenvalue weighted by Gasteiger charge is -2.19. The van der Waals surface area contributed by atoms with Crippen LogP contribution in [-0.2, 0) is 20.9 Å². The lowest BCUT2D eigenvalue weighted by atomic mass is 10.1. The summed E-state index contributed by atoms with van der Waals surface area (Å²) in [5.41, 5.74) is 0.504. The molecule has 0 unspecified atom stereocenters. The second kappa shape index (κ2) is 7.82. The number of hydrogen-bond donors (Lipinski definition) is 0. The van der Waals surface area contributed by atoms with Gasteiger partial charge in [-0.3, -0.25) is 9.59 Å². The molecular formula is C18H18BrNO5. The first-order valence-electron chi connectivity index (χ1n) is 8.18. The predicted octanol–water partition coefficient (Wildman–Crippen LogP) is 3.00. The minimum atomic E-state index is -0.501. The molecule has 1 aliphatic heterocycles. The Morgan fingerprint density at radius 1 is 1.20 bits per heavy atom. The second-order valence-corrected chi connectivity index (χ2v) is 6.93. The highest BCUT2D eigenvalue weighted by atomic mass is 79.9. The summed E-state index contributed by atoms with van der Waals surface area (Å²) in [7, 11) is 0. The maximum atomic E-state index is 12.1. The Kier molecular flexibility index (Phi) is 5.53. The van der Waals surface area contributed by atoms with Crippen molar-refractivity contribution in [2.24, 2.45) is 0 Å². The molecule has 1 aromatic carbocycles. The Morgan fingerprint density at radius 3 is 2.88 bits per heavy atom. The molecule has 0 saturated carbocycles. The van der Waals surface area contributed by atoms with Crippen molar-refractivity contribution in [3.05, 3.63) is 44.7 Å². The summed E-state index contributed by atoms with van der Waals surface area (Å²) in [6.45, 7) is 0.494. The van der Waals surface area contributed by atoms with E-state index < -0.39 is 11.6 Å². The minimum Gasteiger partial charge on any atom is -0.459 e. The number of fused-ring (bicyclic) bond motifs is 1. The molecule has 0 N–H and O–H groups in total. The van der Waals surface area contributed by atoms with E-state index in [2.05, 4.69) is 15.9 Å². The van der Waals surface area contributed by atoms with Gasteiger partial charge in [-0.2, -0.15) is 0 Å². The number of nitrogens with zero attached hydrogens (tertiary/aromatic N) is 1. The zero-order valence-corrected chi connectivity index (χ0v) is 15.2. The van der Waals surface area contributed by atoms with Crippen LogP contribution in [0.1, 0.15) is 31.2 Å². The first kappa shape index (κ1) is 17.7. The lowest BCUT2D eigenvalue weighted by Crippen LogP contribution is -2.35. The predicted molar refractivity (Wildman–Crippen MR) is 95.0 cm³/mol. The number of ether oxygens (including phenoxy) is 1. The number of esters is 1. The molecule has 1 aliphatic rings. The number of carbonyl (C=O) groups is 2. The van der Waals surface area contributed by atoms with Gasteiger partial charge in [-0.1, -0.05) is 22.4 Å². The standard InChI is InChI=1S/C18H18BrNO5/c19-13-5-6-14-12(8-17(22)25-15(14)9-13)11-24-18(23)10-20-7-3-1-2-4-16(20)21/h5-6,8-9H,1-4,7,10-11H2. The monoisotopic (exact) mass is 407 g/mol. The molecule has 0 aliphatic carbocycles. The van der Waals surface area contributed by atoms with Crippen molar-refractivity contribution in [2.45, 2.75) is 32.3 Å². The van der Waals surface area contributed by atoms with E-state index in [0.29, 0.717) is 29.5 Å². The molecule has 1 amide bonds. The number of hydrogen-bond acceptors (Lipinski definition) is 5. The van der Waals surface area contributed by atoms with Crippen LogP contribution in [0.25, 0.3) is 11.0 Å². The van der Waals surface area contributed by atoms with Crippen LogP contribution in [0.2, 0.25) is 0 Å². The molecule has 3 rings (SSSR count). The molecular weight excluding hydrogens is 390 g/mol. The number of amides is 1. The molecule has 2 heterocycles. The average Bonchev–Trinajstić information content (AvgIpc) is 2.77. The first-order valence-corrected chi connectivity index (χ1v) is 8.98. The van der Waals surface area contributed by atoms with E-state index in [1.807, 2.05) is 6.07 Å². The fourth-order valence-electron chi connectivity index (χ4n) is 2.89. The topological polar surface area (TPSA) is 76.8 Å². The van der Waals surface area contributed by atoms with E-state index in [1.54, 1.807) is 17.0 Å². The first-order chi connectivity index (χ1) is 12.0. The number of benzene rings is 1. The van der Waals surface area contributed by atoms with Crippen LogP contribution in [-0.4, -0.2) is 29.9 Å². The fourth-order valence-corrected chi connectivity index (χ4v) is 3.23. The highest BCUT2D eigenvalue weighted by Crippen LogP contribution is 2.22. The van der Waals surface area contributed by atoms with E-state index in [0.717, 1.165) is 23.7 Å². The van der Waals surface area contributed by atoms with Gasteiger partial charge in [-0.05, 0) is 31.0 Å². The van der Waals surface area contributed by atoms with Crippen LogP contribution in [0.5, 0.6) is 0 Å². The van der Waals surface area contributed by atoms with Crippen molar-refractivity contribution in [3.63, 3.8) is 0 Å². The molecule has 1 aromatic heterocycles. The number of carbonyl (C=O) groups excluding carboxylic acids is 2. The molecule has 1 saturated heterocycles. The Hall–Kier alpha value is -2.15. The Bertz CT molecular complexity index is 860. The molecule has 0 bridgehead atoms. The van der Waals surface area contributed by atoms with Crippen molar-refractivity contribution in [1.82, 2.24) is 4.90 Å². The smallest absolute Gasteiger partial charge is 0.336 e. The van der Waals surface area contributed by atoms with Gasteiger partial charge in [0.05, 0.1) is 0 Å². The minimum absolute atomic E-state index is 0.00916. The SMILES string of the molecule is O=C(CN1CCCCCC1=O)OCc1cc(=O)oc2cc(Br)ccc12. The van der Waals surface area contributed by atoms with Crippen molar-refractivity contribution >= 4 is 38.8 Å². The maximum absolute atomic E-state index is 12.1. The van der Waals surface area contributed by atoms with E-state index in [9.17, 15) is 14.4 Å². The van der Waals surface area contributed by atoms with Gasteiger partial charge in [-0.25, -0.2) is 4.79 Å². The van der Waals surface area contributed by atoms with Gasteiger partial charge in [0, 0.05) is 34.5 Å².